The van der Waals surface area contributed by atoms with Gasteiger partial charge in [-0.15, -0.1) is 12.4 Å². The fraction of sp³-hybridized carbons (Fsp3) is 0.278. The Morgan fingerprint density at radius 1 is 1.16 bits per heavy atom. The number of alkyl halides is 3. The number of amides is 1. The van der Waals surface area contributed by atoms with E-state index in [2.05, 4.69) is 5.32 Å². The van der Waals surface area contributed by atoms with Crippen molar-refractivity contribution in [3.8, 4) is 0 Å². The summed E-state index contributed by atoms with van der Waals surface area (Å²) in [7, 11) is 0. The molecule has 25 heavy (non-hydrogen) atoms. The first kappa shape index (κ1) is 20.8. The number of halogens is 4. The number of benzene rings is 2. The molecule has 2 rings (SSSR count). The van der Waals surface area contributed by atoms with Crippen LogP contribution in [0, 0.1) is 0 Å². The van der Waals surface area contributed by atoms with E-state index in [1.807, 2.05) is 18.2 Å². The molecule has 0 bridgehead atoms. The van der Waals surface area contributed by atoms with Gasteiger partial charge in [0.25, 0.3) is 0 Å². The summed E-state index contributed by atoms with van der Waals surface area (Å²) in [4.78, 5) is 12.0. The molecule has 3 nitrogen and oxygen atoms in total. The summed E-state index contributed by atoms with van der Waals surface area (Å²) < 4.78 is 38.2. The number of aryl methyl sites for hydroxylation is 1. The minimum atomic E-state index is -4.40. The van der Waals surface area contributed by atoms with E-state index in [-0.39, 0.29) is 24.7 Å². The number of carbonyl (C=O) groups excluding carboxylic acids is 1. The number of rotatable bonds is 5. The van der Waals surface area contributed by atoms with Crippen molar-refractivity contribution in [3.05, 3.63) is 65.2 Å². The quantitative estimate of drug-likeness (QED) is 0.758. The average Bonchev–Trinajstić information content (AvgIpc) is 2.53. The number of carbonyl (C=O) groups is 1. The van der Waals surface area contributed by atoms with Crippen LogP contribution < -0.4 is 11.1 Å². The van der Waals surface area contributed by atoms with E-state index in [4.69, 9.17) is 5.73 Å². The molecule has 0 aliphatic heterocycles. The molecule has 3 N–H and O–H groups in total. The maximum Gasteiger partial charge on any atom is 0.416 e. The Labute approximate surface area is 150 Å². The standard InChI is InChI=1S/C18H19F3N2O.ClH/c1-12(14-6-4-7-15(11-14)18(19,20)21)23-17(24)10-9-13-5-2-3-8-16(13)22;/h2-8,11-12H,9-10,22H2,1H3,(H,23,24);1H. The summed E-state index contributed by atoms with van der Waals surface area (Å²) in [6.07, 6.45) is -3.70. The van der Waals surface area contributed by atoms with Crippen LogP contribution in [0.5, 0.6) is 0 Å². The molecule has 136 valence electrons. The van der Waals surface area contributed by atoms with E-state index in [0.29, 0.717) is 17.7 Å². The Hall–Kier alpha value is -2.21. The molecule has 1 amide bonds. The lowest BCUT2D eigenvalue weighted by molar-refractivity contribution is -0.137. The van der Waals surface area contributed by atoms with E-state index in [0.717, 1.165) is 17.7 Å². The molecule has 0 aliphatic carbocycles. The van der Waals surface area contributed by atoms with Gasteiger partial charge in [0.15, 0.2) is 0 Å². The summed E-state index contributed by atoms with van der Waals surface area (Å²) in [6.45, 7) is 1.66. The zero-order valence-corrected chi connectivity index (χ0v) is 14.5. The Morgan fingerprint density at radius 3 is 2.48 bits per heavy atom. The van der Waals surface area contributed by atoms with E-state index >= 15 is 0 Å². The molecule has 1 unspecified atom stereocenters. The highest BCUT2D eigenvalue weighted by Crippen LogP contribution is 2.30. The second-order valence-electron chi connectivity index (χ2n) is 5.61. The third-order valence-corrected chi connectivity index (χ3v) is 3.77. The lowest BCUT2D eigenvalue weighted by Crippen LogP contribution is -2.27. The maximum atomic E-state index is 12.7. The van der Waals surface area contributed by atoms with Crippen LogP contribution in [0.15, 0.2) is 48.5 Å². The van der Waals surface area contributed by atoms with E-state index in [1.54, 1.807) is 19.1 Å². The second kappa shape index (κ2) is 8.76. The van der Waals surface area contributed by atoms with Crippen molar-refractivity contribution in [1.82, 2.24) is 5.32 Å². The molecule has 0 saturated carbocycles. The van der Waals surface area contributed by atoms with Crippen molar-refractivity contribution in [3.63, 3.8) is 0 Å². The smallest absolute Gasteiger partial charge is 0.399 e. The van der Waals surface area contributed by atoms with Crippen LogP contribution in [0.25, 0.3) is 0 Å². The van der Waals surface area contributed by atoms with Crippen LogP contribution in [0.4, 0.5) is 18.9 Å². The maximum absolute atomic E-state index is 12.7. The highest BCUT2D eigenvalue weighted by Gasteiger charge is 2.30. The zero-order valence-electron chi connectivity index (χ0n) is 13.6. The molecule has 2 aromatic rings. The van der Waals surface area contributed by atoms with Crippen molar-refractivity contribution in [2.75, 3.05) is 5.73 Å². The van der Waals surface area contributed by atoms with Crippen LogP contribution in [-0.4, -0.2) is 5.91 Å². The monoisotopic (exact) mass is 372 g/mol. The van der Waals surface area contributed by atoms with Gasteiger partial charge in [-0.2, -0.15) is 13.2 Å². The van der Waals surface area contributed by atoms with Crippen LogP contribution >= 0.6 is 12.4 Å². The average molecular weight is 373 g/mol. The summed E-state index contributed by atoms with van der Waals surface area (Å²) >= 11 is 0. The minimum Gasteiger partial charge on any atom is -0.399 e. The van der Waals surface area contributed by atoms with Crippen LogP contribution in [-0.2, 0) is 17.4 Å². The van der Waals surface area contributed by atoms with Gasteiger partial charge in [0, 0.05) is 12.1 Å². The Morgan fingerprint density at radius 2 is 1.84 bits per heavy atom. The highest BCUT2D eigenvalue weighted by atomic mass is 35.5. The number of para-hydroxylation sites is 1. The van der Waals surface area contributed by atoms with Crippen LogP contribution in [0.2, 0.25) is 0 Å². The molecular formula is C18H20ClF3N2O. The van der Waals surface area contributed by atoms with Crippen molar-refractivity contribution in [2.24, 2.45) is 0 Å². The molecule has 0 fully saturated rings. The third-order valence-electron chi connectivity index (χ3n) is 3.77. The predicted molar refractivity (Wildman–Crippen MR) is 94.4 cm³/mol. The lowest BCUT2D eigenvalue weighted by atomic mass is 10.0. The first-order valence-electron chi connectivity index (χ1n) is 7.57. The van der Waals surface area contributed by atoms with Gasteiger partial charge in [0.2, 0.25) is 5.91 Å². The normalized spacial score (nSPS) is 12.2. The van der Waals surface area contributed by atoms with Crippen LogP contribution in [0.3, 0.4) is 0 Å². The van der Waals surface area contributed by atoms with E-state index in [9.17, 15) is 18.0 Å². The van der Waals surface area contributed by atoms with Gasteiger partial charge >= 0.3 is 6.18 Å². The Balaban J connectivity index is 0.00000312. The van der Waals surface area contributed by atoms with Gasteiger partial charge in [-0.3, -0.25) is 4.79 Å². The third kappa shape index (κ3) is 5.98. The molecule has 2 aromatic carbocycles. The molecule has 7 heteroatoms. The van der Waals surface area contributed by atoms with Crippen LogP contribution in [0.1, 0.15) is 36.1 Å². The molecule has 0 aliphatic rings. The lowest BCUT2D eigenvalue weighted by Gasteiger charge is -2.16. The number of hydrogen-bond acceptors (Lipinski definition) is 2. The summed E-state index contributed by atoms with van der Waals surface area (Å²) in [5.74, 6) is -0.233. The first-order valence-corrected chi connectivity index (χ1v) is 7.57. The zero-order chi connectivity index (χ0) is 17.7. The van der Waals surface area contributed by atoms with Gasteiger partial charge in [-0.25, -0.2) is 0 Å². The van der Waals surface area contributed by atoms with E-state index < -0.39 is 17.8 Å². The van der Waals surface area contributed by atoms with Crippen molar-refractivity contribution >= 4 is 24.0 Å². The van der Waals surface area contributed by atoms with Crippen molar-refractivity contribution in [2.45, 2.75) is 32.0 Å². The number of anilines is 1. The van der Waals surface area contributed by atoms with Gasteiger partial charge in [0.05, 0.1) is 11.6 Å². The Kier molecular flexibility index (Phi) is 7.30. The molecule has 0 aromatic heterocycles. The topological polar surface area (TPSA) is 55.1 Å². The summed E-state index contributed by atoms with van der Waals surface area (Å²) in [5.41, 5.74) is 7.00. The van der Waals surface area contributed by atoms with Crippen molar-refractivity contribution in [1.29, 1.82) is 0 Å². The number of hydrogen-bond donors (Lipinski definition) is 2. The minimum absolute atomic E-state index is 0. The van der Waals surface area contributed by atoms with Gasteiger partial charge in [-0.05, 0) is 42.7 Å². The molecule has 0 saturated heterocycles. The fourth-order valence-corrected chi connectivity index (χ4v) is 2.39. The number of nitrogens with two attached hydrogens (primary N) is 1. The van der Waals surface area contributed by atoms with Gasteiger partial charge in [-0.1, -0.05) is 30.3 Å². The Bertz CT molecular complexity index is 719. The highest BCUT2D eigenvalue weighted by molar-refractivity contribution is 5.85. The molecule has 0 spiro atoms. The SMILES string of the molecule is CC(NC(=O)CCc1ccccc1N)c1cccc(C(F)(F)F)c1.Cl. The second-order valence-corrected chi connectivity index (χ2v) is 5.61. The molecule has 1 atom stereocenters. The first-order chi connectivity index (χ1) is 11.3. The summed E-state index contributed by atoms with van der Waals surface area (Å²) in [6, 6.07) is 11.7. The largest absolute Gasteiger partial charge is 0.416 e. The van der Waals surface area contributed by atoms with E-state index in [1.165, 1.54) is 6.07 Å². The fourth-order valence-electron chi connectivity index (χ4n) is 2.39. The number of nitrogen functional groups attached to an aromatic ring is 1. The molecular weight excluding hydrogens is 353 g/mol. The predicted octanol–water partition coefficient (Wildman–Crippen LogP) is 4.52. The van der Waals surface area contributed by atoms with Gasteiger partial charge in [0.1, 0.15) is 0 Å². The van der Waals surface area contributed by atoms with Gasteiger partial charge < -0.3 is 11.1 Å². The summed E-state index contributed by atoms with van der Waals surface area (Å²) in [5, 5.41) is 2.72. The molecule has 0 heterocycles. The van der Waals surface area contributed by atoms with Crippen molar-refractivity contribution < 1.29 is 18.0 Å². The number of nitrogens with one attached hydrogen (secondary N) is 1. The molecule has 0 radical (unpaired) electrons.